The summed E-state index contributed by atoms with van der Waals surface area (Å²) in [5.41, 5.74) is 0.738. The Morgan fingerprint density at radius 1 is 1.30 bits per heavy atom. The summed E-state index contributed by atoms with van der Waals surface area (Å²) in [5, 5.41) is 0. The van der Waals surface area contributed by atoms with Crippen LogP contribution < -0.4 is 9.47 Å². The minimum Gasteiger partial charge on any atom is -0.493 e. The average Bonchev–Trinajstić information content (AvgIpc) is 2.44. The molecule has 0 fully saturated rings. The Morgan fingerprint density at radius 3 is 2.65 bits per heavy atom. The molecule has 0 saturated heterocycles. The standard InChI is InChI=1S/C15H18O5/c1-11(2)9-19-15(17)7-5-12-4-6-13(20-10-16)14(8-12)18-3/h4-8,10-11H,9H2,1-3H3. The van der Waals surface area contributed by atoms with E-state index in [-0.39, 0.29) is 0 Å². The van der Waals surface area contributed by atoms with Gasteiger partial charge in [0.05, 0.1) is 13.7 Å². The van der Waals surface area contributed by atoms with E-state index in [1.807, 2.05) is 13.8 Å². The first-order valence-electron chi connectivity index (χ1n) is 6.20. The van der Waals surface area contributed by atoms with Crippen molar-refractivity contribution in [3.63, 3.8) is 0 Å². The van der Waals surface area contributed by atoms with Crippen LogP contribution in [0.25, 0.3) is 6.08 Å². The highest BCUT2D eigenvalue weighted by Gasteiger charge is 2.05. The first-order chi connectivity index (χ1) is 9.56. The largest absolute Gasteiger partial charge is 0.493 e. The van der Waals surface area contributed by atoms with Gasteiger partial charge in [-0.1, -0.05) is 19.9 Å². The lowest BCUT2D eigenvalue weighted by Crippen LogP contribution is -2.06. The number of hydrogen-bond donors (Lipinski definition) is 0. The van der Waals surface area contributed by atoms with Gasteiger partial charge in [-0.25, -0.2) is 4.79 Å². The summed E-state index contributed by atoms with van der Waals surface area (Å²) >= 11 is 0. The Morgan fingerprint density at radius 2 is 2.05 bits per heavy atom. The van der Waals surface area contributed by atoms with Crippen LogP contribution in [0.15, 0.2) is 24.3 Å². The first kappa shape index (κ1) is 15.8. The van der Waals surface area contributed by atoms with Crippen LogP contribution in [-0.4, -0.2) is 26.2 Å². The van der Waals surface area contributed by atoms with Crippen LogP contribution in [0.2, 0.25) is 0 Å². The molecule has 0 radical (unpaired) electrons. The molecular weight excluding hydrogens is 260 g/mol. The molecule has 0 unspecified atom stereocenters. The van der Waals surface area contributed by atoms with Crippen LogP contribution >= 0.6 is 0 Å². The maximum atomic E-state index is 11.4. The van der Waals surface area contributed by atoms with E-state index in [1.165, 1.54) is 13.2 Å². The Hall–Kier alpha value is -2.30. The first-order valence-corrected chi connectivity index (χ1v) is 6.20. The van der Waals surface area contributed by atoms with Crippen molar-refractivity contribution in [2.24, 2.45) is 5.92 Å². The Labute approximate surface area is 118 Å². The van der Waals surface area contributed by atoms with Crippen LogP contribution in [0.1, 0.15) is 19.4 Å². The normalized spacial score (nSPS) is 10.6. The topological polar surface area (TPSA) is 61.8 Å². The fraction of sp³-hybridized carbons (Fsp3) is 0.333. The lowest BCUT2D eigenvalue weighted by molar-refractivity contribution is -0.138. The van der Waals surface area contributed by atoms with Crippen LogP contribution in [0, 0.1) is 5.92 Å². The molecule has 0 heterocycles. The summed E-state index contributed by atoms with van der Waals surface area (Å²) in [6, 6.07) is 4.95. The van der Waals surface area contributed by atoms with Crippen molar-refractivity contribution in [1.82, 2.24) is 0 Å². The van der Waals surface area contributed by atoms with Crippen molar-refractivity contribution in [1.29, 1.82) is 0 Å². The Kier molecular flexibility index (Phi) is 6.29. The quantitative estimate of drug-likeness (QED) is 0.435. The average molecular weight is 278 g/mol. The molecule has 0 bridgehead atoms. The van der Waals surface area contributed by atoms with Gasteiger partial charge in [0.15, 0.2) is 11.5 Å². The number of methoxy groups -OCH3 is 1. The molecule has 0 atom stereocenters. The van der Waals surface area contributed by atoms with Crippen molar-refractivity contribution in [2.75, 3.05) is 13.7 Å². The van der Waals surface area contributed by atoms with E-state index in [0.29, 0.717) is 30.5 Å². The van der Waals surface area contributed by atoms with Crippen LogP contribution in [0.4, 0.5) is 0 Å². The van der Waals surface area contributed by atoms with Crippen LogP contribution in [0.5, 0.6) is 11.5 Å². The zero-order chi connectivity index (χ0) is 15.0. The maximum absolute atomic E-state index is 11.4. The van der Waals surface area contributed by atoms with Gasteiger partial charge >= 0.3 is 5.97 Å². The van der Waals surface area contributed by atoms with E-state index in [4.69, 9.17) is 14.2 Å². The fourth-order valence-electron chi connectivity index (χ4n) is 1.40. The van der Waals surface area contributed by atoms with E-state index in [9.17, 15) is 9.59 Å². The zero-order valence-corrected chi connectivity index (χ0v) is 11.8. The number of ether oxygens (including phenoxy) is 3. The molecule has 1 aromatic carbocycles. The van der Waals surface area contributed by atoms with Gasteiger partial charge in [-0.3, -0.25) is 4.79 Å². The molecule has 5 heteroatoms. The molecule has 0 aromatic heterocycles. The smallest absolute Gasteiger partial charge is 0.330 e. The molecule has 108 valence electrons. The summed E-state index contributed by atoms with van der Waals surface area (Å²) in [6.45, 7) is 4.65. The molecule has 0 aliphatic rings. The van der Waals surface area contributed by atoms with Gasteiger partial charge in [0.1, 0.15) is 0 Å². The number of benzene rings is 1. The molecule has 5 nitrogen and oxygen atoms in total. The molecule has 0 spiro atoms. The minimum absolute atomic E-state index is 0.298. The van der Waals surface area contributed by atoms with Gasteiger partial charge in [-0.15, -0.1) is 0 Å². The lowest BCUT2D eigenvalue weighted by Gasteiger charge is -2.07. The van der Waals surface area contributed by atoms with Crippen molar-refractivity contribution < 1.29 is 23.8 Å². The number of rotatable bonds is 7. The third-order valence-corrected chi connectivity index (χ3v) is 2.33. The maximum Gasteiger partial charge on any atom is 0.330 e. The molecule has 0 amide bonds. The number of hydrogen-bond acceptors (Lipinski definition) is 5. The van der Waals surface area contributed by atoms with E-state index in [1.54, 1.807) is 24.3 Å². The van der Waals surface area contributed by atoms with E-state index < -0.39 is 5.97 Å². The summed E-state index contributed by atoms with van der Waals surface area (Å²) in [6.07, 6.45) is 2.95. The monoisotopic (exact) mass is 278 g/mol. The third-order valence-electron chi connectivity index (χ3n) is 2.33. The van der Waals surface area contributed by atoms with Crippen LogP contribution in [0.3, 0.4) is 0 Å². The summed E-state index contributed by atoms with van der Waals surface area (Å²) in [7, 11) is 1.47. The molecule has 1 rings (SSSR count). The van der Waals surface area contributed by atoms with Crippen molar-refractivity contribution in [3.8, 4) is 11.5 Å². The van der Waals surface area contributed by atoms with Crippen molar-refractivity contribution >= 4 is 18.5 Å². The molecule has 0 saturated carbocycles. The van der Waals surface area contributed by atoms with Gasteiger partial charge in [0.25, 0.3) is 6.47 Å². The third kappa shape index (κ3) is 5.14. The fourth-order valence-corrected chi connectivity index (χ4v) is 1.40. The summed E-state index contributed by atoms with van der Waals surface area (Å²) in [5.74, 6) is 0.634. The van der Waals surface area contributed by atoms with Gasteiger partial charge in [0.2, 0.25) is 0 Å². The minimum atomic E-state index is -0.397. The van der Waals surface area contributed by atoms with E-state index >= 15 is 0 Å². The second-order valence-electron chi connectivity index (χ2n) is 4.48. The van der Waals surface area contributed by atoms with Crippen LogP contribution in [-0.2, 0) is 14.3 Å². The highest BCUT2D eigenvalue weighted by Crippen LogP contribution is 2.28. The number of carbonyl (C=O) groups is 2. The molecular formula is C15H18O5. The summed E-state index contributed by atoms with van der Waals surface area (Å²) in [4.78, 5) is 21.7. The van der Waals surface area contributed by atoms with Gasteiger partial charge < -0.3 is 14.2 Å². The highest BCUT2D eigenvalue weighted by molar-refractivity contribution is 5.87. The number of carbonyl (C=O) groups excluding carboxylic acids is 2. The van der Waals surface area contributed by atoms with Gasteiger partial charge in [-0.05, 0) is 29.7 Å². The molecule has 0 aliphatic heterocycles. The molecule has 0 N–H and O–H groups in total. The lowest BCUT2D eigenvalue weighted by atomic mass is 10.2. The predicted octanol–water partition coefficient (Wildman–Crippen LogP) is 2.44. The molecule has 20 heavy (non-hydrogen) atoms. The summed E-state index contributed by atoms with van der Waals surface area (Å²) < 4.78 is 14.9. The van der Waals surface area contributed by atoms with Crippen molar-refractivity contribution in [3.05, 3.63) is 29.8 Å². The predicted molar refractivity (Wildman–Crippen MR) is 74.5 cm³/mol. The SMILES string of the molecule is COc1cc(C=CC(=O)OCC(C)C)ccc1OC=O. The Bertz CT molecular complexity index is 491. The second-order valence-corrected chi connectivity index (χ2v) is 4.48. The zero-order valence-electron chi connectivity index (χ0n) is 11.8. The second kappa shape index (κ2) is 7.99. The number of esters is 1. The van der Waals surface area contributed by atoms with Gasteiger partial charge in [-0.2, -0.15) is 0 Å². The molecule has 1 aromatic rings. The highest BCUT2D eigenvalue weighted by atomic mass is 16.5. The van der Waals surface area contributed by atoms with E-state index in [0.717, 1.165) is 5.56 Å². The van der Waals surface area contributed by atoms with E-state index in [2.05, 4.69) is 0 Å². The van der Waals surface area contributed by atoms with Crippen molar-refractivity contribution in [2.45, 2.75) is 13.8 Å². The Balaban J connectivity index is 2.72. The molecule has 0 aliphatic carbocycles. The van der Waals surface area contributed by atoms with Gasteiger partial charge in [0, 0.05) is 6.08 Å².